The van der Waals surface area contributed by atoms with Gasteiger partial charge in [-0.15, -0.1) is 0 Å². The van der Waals surface area contributed by atoms with Crippen molar-refractivity contribution in [2.24, 2.45) is 7.05 Å². The molecule has 7 nitrogen and oxygen atoms in total. The third kappa shape index (κ3) is 3.11. The molecule has 0 aromatic carbocycles. The normalized spacial score (nSPS) is 23.7. The van der Waals surface area contributed by atoms with Crippen LogP contribution in [0.5, 0.6) is 0 Å². The molecule has 0 spiro atoms. The monoisotopic (exact) mass is 357 g/mol. The van der Waals surface area contributed by atoms with E-state index in [4.69, 9.17) is 4.74 Å². The lowest BCUT2D eigenvalue weighted by molar-refractivity contribution is 0.0989. The number of aromatic amines is 1. The predicted octanol–water partition coefficient (Wildman–Crippen LogP) is 1.98. The van der Waals surface area contributed by atoms with Crippen LogP contribution in [0.15, 0.2) is 23.0 Å². The van der Waals surface area contributed by atoms with Crippen LogP contribution in [0, 0.1) is 6.92 Å². The summed E-state index contributed by atoms with van der Waals surface area (Å²) < 4.78 is 7.45. The van der Waals surface area contributed by atoms with E-state index in [1.807, 2.05) is 11.7 Å². The van der Waals surface area contributed by atoms with Crippen LogP contribution in [-0.4, -0.2) is 47.1 Å². The van der Waals surface area contributed by atoms with Crippen molar-refractivity contribution in [1.29, 1.82) is 0 Å². The minimum atomic E-state index is -0.0564. The number of ether oxygens (including phenoxy) is 1. The number of aromatic nitrogens is 3. The SMILES string of the molecule is Cc1cc(C2CCCN2c2cc(N3CCOCC3C)cc(=O)[nH]2)nn1C. The quantitative estimate of drug-likeness (QED) is 0.910. The summed E-state index contributed by atoms with van der Waals surface area (Å²) in [6, 6.07) is 6.43. The zero-order chi connectivity index (χ0) is 18.3. The topological polar surface area (TPSA) is 66.4 Å². The first-order chi connectivity index (χ1) is 12.5. The molecule has 26 heavy (non-hydrogen) atoms. The highest BCUT2D eigenvalue weighted by molar-refractivity contribution is 5.57. The second-order valence-corrected chi connectivity index (χ2v) is 7.39. The Bertz CT molecular complexity index is 823. The molecule has 1 N–H and O–H groups in total. The second-order valence-electron chi connectivity index (χ2n) is 7.39. The van der Waals surface area contributed by atoms with Gasteiger partial charge in [0, 0.05) is 49.7 Å². The fourth-order valence-electron chi connectivity index (χ4n) is 4.06. The maximum absolute atomic E-state index is 12.4. The van der Waals surface area contributed by atoms with E-state index in [2.05, 4.69) is 45.9 Å². The summed E-state index contributed by atoms with van der Waals surface area (Å²) >= 11 is 0. The summed E-state index contributed by atoms with van der Waals surface area (Å²) in [5, 5.41) is 4.67. The molecule has 2 fully saturated rings. The maximum atomic E-state index is 12.4. The van der Waals surface area contributed by atoms with Crippen LogP contribution in [0.4, 0.5) is 11.5 Å². The Kier molecular flexibility index (Phi) is 4.48. The fourth-order valence-corrected chi connectivity index (χ4v) is 4.06. The van der Waals surface area contributed by atoms with E-state index in [9.17, 15) is 4.79 Å². The van der Waals surface area contributed by atoms with Gasteiger partial charge in [-0.1, -0.05) is 0 Å². The van der Waals surface area contributed by atoms with E-state index >= 15 is 0 Å². The van der Waals surface area contributed by atoms with E-state index in [1.54, 1.807) is 6.07 Å². The summed E-state index contributed by atoms with van der Waals surface area (Å²) in [4.78, 5) is 20.0. The summed E-state index contributed by atoms with van der Waals surface area (Å²) in [5.74, 6) is 0.886. The Morgan fingerprint density at radius 2 is 2.08 bits per heavy atom. The molecule has 0 amide bonds. The van der Waals surface area contributed by atoms with Crippen LogP contribution >= 0.6 is 0 Å². The van der Waals surface area contributed by atoms with Gasteiger partial charge in [-0.05, 0) is 32.8 Å². The van der Waals surface area contributed by atoms with Crippen LogP contribution in [0.1, 0.15) is 37.2 Å². The van der Waals surface area contributed by atoms with Crippen molar-refractivity contribution < 1.29 is 4.74 Å². The van der Waals surface area contributed by atoms with Gasteiger partial charge >= 0.3 is 0 Å². The van der Waals surface area contributed by atoms with E-state index in [1.165, 1.54) is 0 Å². The molecule has 2 aliphatic heterocycles. The van der Waals surface area contributed by atoms with Crippen molar-refractivity contribution in [3.63, 3.8) is 0 Å². The third-order valence-corrected chi connectivity index (χ3v) is 5.55. The number of nitrogens with zero attached hydrogens (tertiary/aromatic N) is 4. The molecule has 2 saturated heterocycles. The minimum Gasteiger partial charge on any atom is -0.377 e. The number of aryl methyl sites for hydroxylation is 2. The van der Waals surface area contributed by atoms with Gasteiger partial charge < -0.3 is 19.5 Å². The van der Waals surface area contributed by atoms with Crippen molar-refractivity contribution in [2.75, 3.05) is 36.1 Å². The predicted molar refractivity (Wildman–Crippen MR) is 102 cm³/mol. The summed E-state index contributed by atoms with van der Waals surface area (Å²) in [6.45, 7) is 7.34. The first-order valence-corrected chi connectivity index (χ1v) is 9.39. The van der Waals surface area contributed by atoms with E-state index in [-0.39, 0.29) is 17.6 Å². The van der Waals surface area contributed by atoms with Crippen molar-refractivity contribution >= 4 is 11.5 Å². The average molecular weight is 357 g/mol. The van der Waals surface area contributed by atoms with Gasteiger partial charge in [-0.25, -0.2) is 0 Å². The number of H-pyrrole nitrogens is 1. The Hall–Kier alpha value is -2.28. The van der Waals surface area contributed by atoms with Gasteiger partial charge in [-0.3, -0.25) is 9.48 Å². The Morgan fingerprint density at radius 1 is 1.23 bits per heavy atom. The Morgan fingerprint density at radius 3 is 2.81 bits per heavy atom. The largest absolute Gasteiger partial charge is 0.377 e. The fraction of sp³-hybridized carbons (Fsp3) is 0.579. The lowest BCUT2D eigenvalue weighted by Crippen LogP contribution is -2.44. The number of hydrogen-bond donors (Lipinski definition) is 1. The molecule has 0 bridgehead atoms. The van der Waals surface area contributed by atoms with Crippen LogP contribution in [0.25, 0.3) is 0 Å². The second kappa shape index (κ2) is 6.79. The smallest absolute Gasteiger partial charge is 0.251 e. The molecular formula is C19H27N5O2. The van der Waals surface area contributed by atoms with Gasteiger partial charge in [0.25, 0.3) is 5.56 Å². The van der Waals surface area contributed by atoms with Crippen molar-refractivity contribution in [2.45, 2.75) is 38.8 Å². The zero-order valence-corrected chi connectivity index (χ0v) is 15.7. The summed E-state index contributed by atoms with van der Waals surface area (Å²) in [5.41, 5.74) is 3.14. The van der Waals surface area contributed by atoms with E-state index in [0.717, 1.165) is 48.8 Å². The highest BCUT2D eigenvalue weighted by Crippen LogP contribution is 2.35. The maximum Gasteiger partial charge on any atom is 0.251 e. The summed E-state index contributed by atoms with van der Waals surface area (Å²) in [7, 11) is 1.97. The molecule has 2 unspecified atom stereocenters. The van der Waals surface area contributed by atoms with Crippen LogP contribution < -0.4 is 15.4 Å². The molecular weight excluding hydrogens is 330 g/mol. The number of nitrogens with one attached hydrogen (secondary N) is 1. The molecule has 2 aromatic heterocycles. The molecule has 4 rings (SSSR count). The Labute approximate surface area is 153 Å². The highest BCUT2D eigenvalue weighted by Gasteiger charge is 2.30. The molecule has 7 heteroatoms. The first-order valence-electron chi connectivity index (χ1n) is 9.39. The molecule has 2 aliphatic rings. The summed E-state index contributed by atoms with van der Waals surface area (Å²) in [6.07, 6.45) is 2.15. The zero-order valence-electron chi connectivity index (χ0n) is 15.7. The van der Waals surface area contributed by atoms with Crippen molar-refractivity contribution in [1.82, 2.24) is 14.8 Å². The van der Waals surface area contributed by atoms with Gasteiger partial charge in [0.2, 0.25) is 0 Å². The molecule has 0 radical (unpaired) electrons. The first kappa shape index (κ1) is 17.1. The van der Waals surface area contributed by atoms with Gasteiger partial charge in [0.1, 0.15) is 5.82 Å². The van der Waals surface area contributed by atoms with Crippen molar-refractivity contribution in [3.05, 3.63) is 39.9 Å². The van der Waals surface area contributed by atoms with Gasteiger partial charge in [0.15, 0.2) is 0 Å². The molecule has 2 aromatic rings. The molecule has 140 valence electrons. The minimum absolute atomic E-state index is 0.0564. The number of hydrogen-bond acceptors (Lipinski definition) is 5. The lowest BCUT2D eigenvalue weighted by atomic mass is 10.1. The number of pyridine rings is 1. The van der Waals surface area contributed by atoms with Gasteiger partial charge in [0.05, 0.1) is 24.9 Å². The number of rotatable bonds is 3. The third-order valence-electron chi connectivity index (χ3n) is 5.55. The van der Waals surface area contributed by atoms with Crippen molar-refractivity contribution in [3.8, 4) is 0 Å². The number of anilines is 2. The number of morpholine rings is 1. The molecule has 2 atom stereocenters. The van der Waals surface area contributed by atoms with E-state index < -0.39 is 0 Å². The van der Waals surface area contributed by atoms with E-state index in [0.29, 0.717) is 13.2 Å². The average Bonchev–Trinajstić information content (AvgIpc) is 3.22. The highest BCUT2D eigenvalue weighted by atomic mass is 16.5. The standard InChI is InChI=1S/C19H27N5O2/c1-13-9-16(21-22(13)3)17-5-4-6-24(17)18-10-15(11-19(25)20-18)23-7-8-26-12-14(23)2/h9-11,14,17H,4-8,12H2,1-3H3,(H,20,25). The molecule has 0 saturated carbocycles. The molecule has 0 aliphatic carbocycles. The molecule has 4 heterocycles. The Balaban J connectivity index is 1.67. The van der Waals surface area contributed by atoms with Crippen LogP contribution in [-0.2, 0) is 11.8 Å². The van der Waals surface area contributed by atoms with Gasteiger partial charge in [-0.2, -0.15) is 5.10 Å². The van der Waals surface area contributed by atoms with Crippen LogP contribution in [0.2, 0.25) is 0 Å². The lowest BCUT2D eigenvalue weighted by Gasteiger charge is -2.35. The van der Waals surface area contributed by atoms with Crippen LogP contribution in [0.3, 0.4) is 0 Å².